The lowest BCUT2D eigenvalue weighted by atomic mass is 9.81. The van der Waals surface area contributed by atoms with Crippen LogP contribution in [0, 0.1) is 5.41 Å². The number of amides is 3. The second kappa shape index (κ2) is 4.73. The van der Waals surface area contributed by atoms with Crippen LogP contribution in [0.3, 0.4) is 0 Å². The Hall–Kier alpha value is -1.18. The summed E-state index contributed by atoms with van der Waals surface area (Å²) in [6.07, 6.45) is -0.520. The first kappa shape index (κ1) is 14.2. The second-order valence-corrected chi connectivity index (χ2v) is 5.78. The Morgan fingerprint density at radius 1 is 1.53 bits per heavy atom. The maximum atomic E-state index is 12.0. The summed E-state index contributed by atoms with van der Waals surface area (Å²) in [6.45, 7) is 5.21. The van der Waals surface area contributed by atoms with Crippen molar-refractivity contribution in [3.05, 3.63) is 0 Å². The molecule has 0 bridgehead atoms. The van der Waals surface area contributed by atoms with Crippen LogP contribution in [0.2, 0.25) is 0 Å². The van der Waals surface area contributed by atoms with Crippen molar-refractivity contribution in [2.75, 3.05) is 6.61 Å². The van der Waals surface area contributed by atoms with Crippen molar-refractivity contribution in [3.63, 3.8) is 0 Å². The van der Waals surface area contributed by atoms with Gasteiger partial charge in [-0.2, -0.15) is 0 Å². The molecule has 3 amide bonds. The van der Waals surface area contributed by atoms with Gasteiger partial charge in [0.1, 0.15) is 6.23 Å². The van der Waals surface area contributed by atoms with Gasteiger partial charge in [0.15, 0.2) is 0 Å². The number of carbonyl (C=O) groups excluding carboxylic acids is 2. The first-order chi connectivity index (χ1) is 8.78. The lowest BCUT2D eigenvalue weighted by molar-refractivity contribution is -0.140. The molecule has 2 heterocycles. The minimum Gasteiger partial charge on any atom is -0.394 e. The number of urea groups is 1. The molecule has 2 rings (SSSR count). The molecule has 7 nitrogen and oxygen atoms in total. The Morgan fingerprint density at radius 3 is 2.68 bits per heavy atom. The fourth-order valence-corrected chi connectivity index (χ4v) is 2.52. The third-order valence-corrected chi connectivity index (χ3v) is 4.28. The molecule has 0 saturated carbocycles. The standard InChI is InChI=1S/C12H21N3O4/c1-6-12(2,3)10(17)14-11(18)15(6)9-4-7(13)8(5-16)19-9/h6-9,16H,4-5,13H2,1-3H3,(H,14,17,18). The molecule has 0 aromatic carbocycles. The number of nitrogens with zero attached hydrogens (tertiary/aromatic N) is 1. The van der Waals surface area contributed by atoms with E-state index in [-0.39, 0.29) is 24.6 Å². The minimum absolute atomic E-state index is 0.177. The van der Waals surface area contributed by atoms with E-state index in [0.717, 1.165) is 0 Å². The van der Waals surface area contributed by atoms with Gasteiger partial charge in [0, 0.05) is 18.5 Å². The number of ether oxygens (including phenoxy) is 1. The van der Waals surface area contributed by atoms with E-state index in [0.29, 0.717) is 6.42 Å². The molecule has 4 atom stereocenters. The van der Waals surface area contributed by atoms with E-state index >= 15 is 0 Å². The molecule has 0 aromatic rings. The SMILES string of the molecule is CC1N(C2CC(N)C(CO)O2)C(=O)NC(=O)C1(C)C. The van der Waals surface area contributed by atoms with Gasteiger partial charge in [0.2, 0.25) is 5.91 Å². The number of aliphatic hydroxyl groups excluding tert-OH is 1. The molecule has 2 aliphatic heterocycles. The number of hydrogen-bond donors (Lipinski definition) is 3. The first-order valence-corrected chi connectivity index (χ1v) is 6.44. The average molecular weight is 271 g/mol. The van der Waals surface area contributed by atoms with Crippen LogP contribution >= 0.6 is 0 Å². The number of hydrogen-bond acceptors (Lipinski definition) is 5. The number of nitrogens with two attached hydrogens (primary N) is 1. The molecule has 4 unspecified atom stereocenters. The predicted molar refractivity (Wildman–Crippen MR) is 67.0 cm³/mol. The van der Waals surface area contributed by atoms with E-state index in [4.69, 9.17) is 15.6 Å². The summed E-state index contributed by atoms with van der Waals surface area (Å²) in [5, 5.41) is 11.5. The maximum Gasteiger partial charge on any atom is 0.326 e. The molecule has 4 N–H and O–H groups in total. The van der Waals surface area contributed by atoms with Crippen molar-refractivity contribution in [2.45, 2.75) is 51.6 Å². The van der Waals surface area contributed by atoms with E-state index < -0.39 is 23.8 Å². The van der Waals surface area contributed by atoms with Gasteiger partial charge < -0.3 is 15.6 Å². The van der Waals surface area contributed by atoms with Gasteiger partial charge in [-0.3, -0.25) is 15.0 Å². The van der Waals surface area contributed by atoms with Crippen molar-refractivity contribution in [3.8, 4) is 0 Å². The molecule has 2 fully saturated rings. The number of rotatable bonds is 2. The van der Waals surface area contributed by atoms with Gasteiger partial charge in [-0.1, -0.05) is 0 Å². The second-order valence-electron chi connectivity index (χ2n) is 5.78. The first-order valence-electron chi connectivity index (χ1n) is 6.44. The van der Waals surface area contributed by atoms with E-state index in [2.05, 4.69) is 5.32 Å². The fourth-order valence-electron chi connectivity index (χ4n) is 2.52. The highest BCUT2D eigenvalue weighted by Crippen LogP contribution is 2.34. The third-order valence-electron chi connectivity index (χ3n) is 4.28. The number of imide groups is 1. The Morgan fingerprint density at radius 2 is 2.16 bits per heavy atom. The lowest BCUT2D eigenvalue weighted by Crippen LogP contribution is -2.65. The Balaban J connectivity index is 2.20. The van der Waals surface area contributed by atoms with Crippen molar-refractivity contribution < 1.29 is 19.4 Å². The molecule has 2 saturated heterocycles. The van der Waals surface area contributed by atoms with Crippen LogP contribution in [0.25, 0.3) is 0 Å². The Kier molecular flexibility index (Phi) is 3.55. The van der Waals surface area contributed by atoms with Crippen molar-refractivity contribution in [1.29, 1.82) is 0 Å². The average Bonchev–Trinajstić information content (AvgIpc) is 2.68. The van der Waals surface area contributed by atoms with Crippen LogP contribution in [0.1, 0.15) is 27.2 Å². The van der Waals surface area contributed by atoms with Crippen LogP contribution in [-0.4, -0.2) is 53.0 Å². The fraction of sp³-hybridized carbons (Fsp3) is 0.833. The monoisotopic (exact) mass is 271 g/mol. The van der Waals surface area contributed by atoms with E-state index in [1.165, 1.54) is 4.90 Å². The smallest absolute Gasteiger partial charge is 0.326 e. The highest BCUT2D eigenvalue weighted by Gasteiger charge is 2.50. The number of aliphatic hydroxyl groups is 1. The molecule has 19 heavy (non-hydrogen) atoms. The van der Waals surface area contributed by atoms with Gasteiger partial charge in [-0.05, 0) is 20.8 Å². The van der Waals surface area contributed by atoms with E-state index in [1.54, 1.807) is 13.8 Å². The van der Waals surface area contributed by atoms with Gasteiger partial charge in [-0.25, -0.2) is 4.79 Å². The van der Waals surface area contributed by atoms with Crippen LogP contribution < -0.4 is 11.1 Å². The summed E-state index contributed by atoms with van der Waals surface area (Å²) in [4.78, 5) is 25.3. The van der Waals surface area contributed by atoms with Gasteiger partial charge >= 0.3 is 6.03 Å². The predicted octanol–water partition coefficient (Wildman–Crippen LogP) is -0.612. The van der Waals surface area contributed by atoms with Crippen LogP contribution in [-0.2, 0) is 9.53 Å². The van der Waals surface area contributed by atoms with Gasteiger partial charge in [-0.15, -0.1) is 0 Å². The van der Waals surface area contributed by atoms with Crippen LogP contribution in [0.15, 0.2) is 0 Å². The quantitative estimate of drug-likeness (QED) is 0.621. The summed E-state index contributed by atoms with van der Waals surface area (Å²) in [5.41, 5.74) is 5.17. The zero-order valence-electron chi connectivity index (χ0n) is 11.4. The van der Waals surface area contributed by atoms with Crippen molar-refractivity contribution in [1.82, 2.24) is 10.2 Å². The van der Waals surface area contributed by atoms with Crippen LogP contribution in [0.4, 0.5) is 4.79 Å². The maximum absolute atomic E-state index is 12.0. The minimum atomic E-state index is -0.696. The summed E-state index contributed by atoms with van der Waals surface area (Å²) < 4.78 is 5.61. The largest absolute Gasteiger partial charge is 0.394 e. The highest BCUT2D eigenvalue weighted by molar-refractivity contribution is 6.00. The normalized spacial score (nSPS) is 38.5. The summed E-state index contributed by atoms with van der Waals surface area (Å²) in [7, 11) is 0. The number of carbonyl (C=O) groups is 2. The molecule has 0 aliphatic carbocycles. The lowest BCUT2D eigenvalue weighted by Gasteiger charge is -2.45. The van der Waals surface area contributed by atoms with E-state index in [1.807, 2.05) is 6.92 Å². The molecule has 0 aromatic heterocycles. The topological polar surface area (TPSA) is 105 Å². The summed E-state index contributed by atoms with van der Waals surface area (Å²) >= 11 is 0. The zero-order valence-corrected chi connectivity index (χ0v) is 11.4. The molecule has 0 radical (unpaired) electrons. The Bertz CT molecular complexity index is 398. The van der Waals surface area contributed by atoms with Gasteiger partial charge in [0.05, 0.1) is 18.1 Å². The Labute approximate surface area is 112 Å². The van der Waals surface area contributed by atoms with Crippen LogP contribution in [0.5, 0.6) is 0 Å². The molecule has 7 heteroatoms. The third kappa shape index (κ3) is 2.22. The molecule has 108 valence electrons. The van der Waals surface area contributed by atoms with Crippen molar-refractivity contribution >= 4 is 11.9 Å². The summed E-state index contributed by atoms with van der Waals surface area (Å²) in [5.74, 6) is -0.290. The van der Waals surface area contributed by atoms with Gasteiger partial charge in [0.25, 0.3) is 0 Å². The molecular formula is C12H21N3O4. The zero-order chi connectivity index (χ0) is 14.4. The van der Waals surface area contributed by atoms with E-state index in [9.17, 15) is 9.59 Å². The summed E-state index contributed by atoms with van der Waals surface area (Å²) in [6, 6.07) is -1.08. The number of nitrogens with one attached hydrogen (secondary N) is 1. The molecule has 0 spiro atoms. The molecule has 2 aliphatic rings. The van der Waals surface area contributed by atoms with Crippen molar-refractivity contribution in [2.24, 2.45) is 11.1 Å². The highest BCUT2D eigenvalue weighted by atomic mass is 16.5. The molecular weight excluding hydrogens is 250 g/mol.